The molecule has 7 nitrogen and oxygen atoms in total. The van der Waals surface area contributed by atoms with E-state index in [0.29, 0.717) is 22.4 Å². The molecule has 0 fully saturated rings. The van der Waals surface area contributed by atoms with Crippen molar-refractivity contribution in [3.05, 3.63) is 59.4 Å². The van der Waals surface area contributed by atoms with E-state index < -0.39 is 0 Å². The minimum Gasteiger partial charge on any atom is -0.497 e. The van der Waals surface area contributed by atoms with Crippen LogP contribution in [0.4, 0.5) is 5.69 Å². The molecule has 0 spiro atoms. The first-order valence-electron chi connectivity index (χ1n) is 8.72. The Bertz CT molecular complexity index is 938. The Kier molecular flexibility index (Phi) is 6.54. The lowest BCUT2D eigenvalue weighted by atomic mass is 10.1. The molecule has 1 aromatic heterocycles. The summed E-state index contributed by atoms with van der Waals surface area (Å²) in [5.41, 5.74) is 2.83. The van der Waals surface area contributed by atoms with Gasteiger partial charge in [-0.3, -0.25) is 9.89 Å². The van der Waals surface area contributed by atoms with E-state index in [4.69, 9.17) is 9.47 Å². The van der Waals surface area contributed by atoms with Crippen LogP contribution in [0, 0.1) is 13.8 Å². The largest absolute Gasteiger partial charge is 0.497 e. The Hall–Kier alpha value is -3.00. The van der Waals surface area contributed by atoms with Gasteiger partial charge in [0.2, 0.25) is 11.1 Å². The quantitative estimate of drug-likeness (QED) is 0.562. The van der Waals surface area contributed by atoms with Gasteiger partial charge in [-0.25, -0.2) is 4.98 Å². The fourth-order valence-corrected chi connectivity index (χ4v) is 3.22. The Morgan fingerprint density at radius 3 is 2.68 bits per heavy atom. The number of methoxy groups -OCH3 is 1. The van der Waals surface area contributed by atoms with Crippen molar-refractivity contribution < 1.29 is 14.3 Å². The highest BCUT2D eigenvalue weighted by molar-refractivity contribution is 7.99. The van der Waals surface area contributed by atoms with E-state index in [9.17, 15) is 4.79 Å². The number of aromatic amines is 1. The number of benzene rings is 2. The van der Waals surface area contributed by atoms with Crippen LogP contribution in [0.15, 0.2) is 47.6 Å². The van der Waals surface area contributed by atoms with Gasteiger partial charge in [0, 0.05) is 11.8 Å². The van der Waals surface area contributed by atoms with Crippen LogP contribution in [-0.2, 0) is 11.4 Å². The van der Waals surface area contributed by atoms with E-state index in [-0.39, 0.29) is 18.3 Å². The number of para-hydroxylation sites is 1. The zero-order valence-corrected chi connectivity index (χ0v) is 16.8. The molecule has 8 heteroatoms. The molecule has 0 bridgehead atoms. The third-order valence-electron chi connectivity index (χ3n) is 3.96. The normalized spacial score (nSPS) is 10.5. The van der Waals surface area contributed by atoms with Gasteiger partial charge in [-0.05, 0) is 37.1 Å². The highest BCUT2D eigenvalue weighted by Gasteiger charge is 2.10. The fraction of sp³-hybridized carbons (Fsp3) is 0.250. The molecule has 0 saturated heterocycles. The lowest BCUT2D eigenvalue weighted by Gasteiger charge is -2.10. The van der Waals surface area contributed by atoms with E-state index in [1.54, 1.807) is 19.2 Å². The van der Waals surface area contributed by atoms with Crippen LogP contribution >= 0.6 is 11.8 Å². The first-order chi connectivity index (χ1) is 13.5. The molecule has 0 radical (unpaired) electrons. The highest BCUT2D eigenvalue weighted by Crippen LogP contribution is 2.23. The monoisotopic (exact) mass is 398 g/mol. The molecule has 3 aromatic rings. The maximum Gasteiger partial charge on any atom is 0.234 e. The molecule has 0 unspecified atom stereocenters. The number of H-pyrrole nitrogens is 1. The van der Waals surface area contributed by atoms with E-state index in [0.717, 1.165) is 16.9 Å². The predicted octanol–water partition coefficient (Wildman–Crippen LogP) is 3.74. The number of aromatic nitrogens is 3. The van der Waals surface area contributed by atoms with Gasteiger partial charge in [0.15, 0.2) is 5.82 Å². The Labute approximate surface area is 167 Å². The number of carbonyl (C=O) groups is 1. The average molecular weight is 398 g/mol. The Balaban J connectivity index is 1.49. The zero-order chi connectivity index (χ0) is 19.9. The third kappa shape index (κ3) is 5.26. The van der Waals surface area contributed by atoms with Crippen molar-refractivity contribution >= 4 is 23.4 Å². The molecule has 28 heavy (non-hydrogen) atoms. The molecule has 3 rings (SSSR count). The summed E-state index contributed by atoms with van der Waals surface area (Å²) < 4.78 is 11.0. The van der Waals surface area contributed by atoms with Crippen molar-refractivity contribution in [3.8, 4) is 11.5 Å². The van der Waals surface area contributed by atoms with Crippen LogP contribution in [-0.4, -0.2) is 34.0 Å². The van der Waals surface area contributed by atoms with Crippen molar-refractivity contribution in [2.24, 2.45) is 0 Å². The second kappa shape index (κ2) is 9.27. The number of hydrogen-bond donors (Lipinski definition) is 2. The van der Waals surface area contributed by atoms with E-state index >= 15 is 0 Å². The third-order valence-corrected chi connectivity index (χ3v) is 4.81. The molecule has 0 saturated carbocycles. The van der Waals surface area contributed by atoms with Crippen LogP contribution in [0.1, 0.15) is 17.0 Å². The van der Waals surface area contributed by atoms with E-state index in [1.807, 2.05) is 44.2 Å². The molecule has 0 aliphatic rings. The number of thioether (sulfide) groups is 1. The van der Waals surface area contributed by atoms with Crippen LogP contribution < -0.4 is 14.8 Å². The summed E-state index contributed by atoms with van der Waals surface area (Å²) in [4.78, 5) is 16.5. The standard InChI is InChI=1S/C20H22N4O3S/c1-13-6-4-7-14(2)19(13)27-11-17-22-20(24-23-17)28-12-18(25)21-15-8-5-9-16(10-15)26-3/h4-10H,11-12H2,1-3H3,(H,21,25)(H,22,23,24). The predicted molar refractivity (Wildman–Crippen MR) is 109 cm³/mol. The summed E-state index contributed by atoms with van der Waals surface area (Å²) >= 11 is 1.25. The maximum absolute atomic E-state index is 12.1. The van der Waals surface area contributed by atoms with Crippen molar-refractivity contribution in [3.63, 3.8) is 0 Å². The number of hydrogen-bond acceptors (Lipinski definition) is 6. The molecular weight excluding hydrogens is 376 g/mol. The molecule has 2 aromatic carbocycles. The first-order valence-corrected chi connectivity index (χ1v) is 9.70. The fourth-order valence-electron chi connectivity index (χ4n) is 2.60. The minimum absolute atomic E-state index is 0.142. The molecule has 0 aliphatic heterocycles. The van der Waals surface area contributed by atoms with Gasteiger partial charge in [0.05, 0.1) is 12.9 Å². The number of rotatable bonds is 8. The van der Waals surface area contributed by atoms with Gasteiger partial charge >= 0.3 is 0 Å². The smallest absolute Gasteiger partial charge is 0.234 e. The van der Waals surface area contributed by atoms with Crippen molar-refractivity contribution in [1.29, 1.82) is 0 Å². The summed E-state index contributed by atoms with van der Waals surface area (Å²) in [5, 5.41) is 10.3. The van der Waals surface area contributed by atoms with E-state index in [1.165, 1.54) is 11.8 Å². The molecule has 2 N–H and O–H groups in total. The Morgan fingerprint density at radius 2 is 1.93 bits per heavy atom. The number of anilines is 1. The summed E-state index contributed by atoms with van der Waals surface area (Å²) in [7, 11) is 1.59. The SMILES string of the molecule is COc1cccc(NC(=O)CSc2n[nH]c(COc3c(C)cccc3C)n2)c1. The van der Waals surface area contributed by atoms with Crippen LogP contribution in [0.5, 0.6) is 11.5 Å². The number of nitrogens with one attached hydrogen (secondary N) is 2. The number of nitrogens with zero attached hydrogens (tertiary/aromatic N) is 2. The van der Waals surface area contributed by atoms with Crippen LogP contribution in [0.25, 0.3) is 0 Å². The van der Waals surface area contributed by atoms with Gasteiger partial charge in [-0.15, -0.1) is 5.10 Å². The van der Waals surface area contributed by atoms with E-state index in [2.05, 4.69) is 20.5 Å². The molecule has 146 valence electrons. The Morgan fingerprint density at radius 1 is 1.18 bits per heavy atom. The second-order valence-electron chi connectivity index (χ2n) is 6.14. The highest BCUT2D eigenvalue weighted by atomic mass is 32.2. The number of carbonyl (C=O) groups excluding carboxylic acids is 1. The molecule has 0 aliphatic carbocycles. The summed E-state index contributed by atoms with van der Waals surface area (Å²) in [6.07, 6.45) is 0. The molecule has 0 atom stereocenters. The zero-order valence-electron chi connectivity index (χ0n) is 16.0. The topological polar surface area (TPSA) is 89.1 Å². The molecule has 1 heterocycles. The van der Waals surface area contributed by atoms with Gasteiger partial charge in [-0.1, -0.05) is 36.0 Å². The number of ether oxygens (including phenoxy) is 2. The summed E-state index contributed by atoms with van der Waals surface area (Å²) in [5.74, 6) is 2.21. The van der Waals surface area contributed by atoms with Crippen LogP contribution in [0.3, 0.4) is 0 Å². The van der Waals surface area contributed by atoms with Gasteiger partial charge in [0.25, 0.3) is 0 Å². The molecular formula is C20H22N4O3S. The molecule has 1 amide bonds. The van der Waals surface area contributed by atoms with Gasteiger partial charge in [0.1, 0.15) is 18.1 Å². The number of amides is 1. The average Bonchev–Trinajstić information content (AvgIpc) is 3.14. The van der Waals surface area contributed by atoms with Crippen LogP contribution in [0.2, 0.25) is 0 Å². The second-order valence-corrected chi connectivity index (χ2v) is 7.09. The van der Waals surface area contributed by atoms with Crippen molar-refractivity contribution in [1.82, 2.24) is 15.2 Å². The van der Waals surface area contributed by atoms with Gasteiger partial charge in [-0.2, -0.15) is 0 Å². The first kappa shape index (κ1) is 19.8. The lowest BCUT2D eigenvalue weighted by Crippen LogP contribution is -2.14. The summed E-state index contributed by atoms with van der Waals surface area (Å²) in [6, 6.07) is 13.2. The minimum atomic E-state index is -0.142. The van der Waals surface area contributed by atoms with Crippen molar-refractivity contribution in [2.45, 2.75) is 25.6 Å². The summed E-state index contributed by atoms with van der Waals surface area (Å²) in [6.45, 7) is 4.30. The van der Waals surface area contributed by atoms with Crippen molar-refractivity contribution in [2.75, 3.05) is 18.2 Å². The maximum atomic E-state index is 12.1. The number of aryl methyl sites for hydroxylation is 2. The van der Waals surface area contributed by atoms with Gasteiger partial charge < -0.3 is 14.8 Å². The lowest BCUT2D eigenvalue weighted by molar-refractivity contribution is -0.113.